The van der Waals surface area contributed by atoms with E-state index in [0.29, 0.717) is 16.3 Å². The van der Waals surface area contributed by atoms with Crippen LogP contribution in [0.25, 0.3) is 11.6 Å². The van der Waals surface area contributed by atoms with E-state index in [-0.39, 0.29) is 0 Å². The second-order valence-electron chi connectivity index (χ2n) is 3.93. The Morgan fingerprint density at radius 3 is 2.47 bits per heavy atom. The van der Waals surface area contributed by atoms with Gasteiger partial charge in [-0.3, -0.25) is 0 Å². The summed E-state index contributed by atoms with van der Waals surface area (Å²) in [7, 11) is 0. The smallest absolute Gasteiger partial charge is 0.195 e. The predicted molar refractivity (Wildman–Crippen MR) is 69.3 cm³/mol. The van der Waals surface area contributed by atoms with Gasteiger partial charge in [0.2, 0.25) is 0 Å². The van der Waals surface area contributed by atoms with Crippen LogP contribution < -0.4 is 0 Å². The third-order valence-corrected chi connectivity index (χ3v) is 3.00. The van der Waals surface area contributed by atoms with Gasteiger partial charge in [0.05, 0.1) is 0 Å². The number of hydrogen-bond acceptors (Lipinski definition) is 4. The maximum absolute atomic E-state index is 5.23. The van der Waals surface area contributed by atoms with Crippen LogP contribution in [0.5, 0.6) is 0 Å². The fourth-order valence-electron chi connectivity index (χ4n) is 1.55. The summed E-state index contributed by atoms with van der Waals surface area (Å²) in [6.45, 7) is 6.00. The number of aryl methyl sites for hydroxylation is 2. The SMILES string of the molecule is CCc1[nH]c(-c2ncc(C)cn2)nc(=S)c1C. The van der Waals surface area contributed by atoms with Crippen molar-refractivity contribution in [1.29, 1.82) is 0 Å². The van der Waals surface area contributed by atoms with Crippen molar-refractivity contribution in [2.24, 2.45) is 0 Å². The lowest BCUT2D eigenvalue weighted by molar-refractivity contribution is 0.950. The molecule has 2 rings (SSSR count). The topological polar surface area (TPSA) is 54.5 Å². The van der Waals surface area contributed by atoms with Gasteiger partial charge >= 0.3 is 0 Å². The number of hydrogen-bond donors (Lipinski definition) is 1. The van der Waals surface area contributed by atoms with E-state index < -0.39 is 0 Å². The molecule has 0 saturated carbocycles. The molecule has 0 saturated heterocycles. The normalized spacial score (nSPS) is 10.5. The summed E-state index contributed by atoms with van der Waals surface area (Å²) >= 11 is 5.23. The fraction of sp³-hybridized carbons (Fsp3) is 0.333. The Kier molecular flexibility index (Phi) is 3.28. The lowest BCUT2D eigenvalue weighted by atomic mass is 10.2. The van der Waals surface area contributed by atoms with Crippen molar-refractivity contribution in [3.05, 3.63) is 33.9 Å². The number of aromatic amines is 1. The quantitative estimate of drug-likeness (QED) is 0.828. The van der Waals surface area contributed by atoms with Gasteiger partial charge in [-0.2, -0.15) is 0 Å². The molecule has 0 fully saturated rings. The molecular formula is C12H14N4S. The number of nitrogens with zero attached hydrogens (tertiary/aromatic N) is 3. The zero-order chi connectivity index (χ0) is 12.4. The van der Waals surface area contributed by atoms with Gasteiger partial charge in [-0.15, -0.1) is 0 Å². The van der Waals surface area contributed by atoms with Crippen molar-refractivity contribution in [2.45, 2.75) is 27.2 Å². The molecular weight excluding hydrogens is 232 g/mol. The molecule has 5 heteroatoms. The first-order valence-electron chi connectivity index (χ1n) is 5.50. The van der Waals surface area contributed by atoms with E-state index in [1.807, 2.05) is 13.8 Å². The first-order chi connectivity index (χ1) is 8.11. The van der Waals surface area contributed by atoms with Gasteiger partial charge in [0.1, 0.15) is 4.64 Å². The standard InChI is InChI=1S/C12H14N4S/c1-4-9-8(3)12(17)16-11(15-9)10-13-5-7(2)6-14-10/h5-6H,4H2,1-3H3,(H,15,16,17). The lowest BCUT2D eigenvalue weighted by Gasteiger charge is -2.06. The van der Waals surface area contributed by atoms with Gasteiger partial charge in [-0.05, 0) is 25.8 Å². The zero-order valence-electron chi connectivity index (χ0n) is 10.1. The summed E-state index contributed by atoms with van der Waals surface area (Å²) < 4.78 is 0.611. The van der Waals surface area contributed by atoms with Crippen LogP contribution in [-0.2, 0) is 6.42 Å². The summed E-state index contributed by atoms with van der Waals surface area (Å²) in [5.74, 6) is 1.22. The van der Waals surface area contributed by atoms with E-state index >= 15 is 0 Å². The average molecular weight is 246 g/mol. The van der Waals surface area contributed by atoms with Crippen molar-refractivity contribution < 1.29 is 0 Å². The molecule has 0 radical (unpaired) electrons. The molecule has 0 aliphatic heterocycles. The van der Waals surface area contributed by atoms with Gasteiger partial charge in [0.25, 0.3) is 0 Å². The molecule has 2 heterocycles. The highest BCUT2D eigenvalue weighted by Crippen LogP contribution is 2.13. The Balaban J connectivity index is 2.56. The van der Waals surface area contributed by atoms with Gasteiger partial charge in [-0.1, -0.05) is 19.1 Å². The summed E-state index contributed by atoms with van der Waals surface area (Å²) in [5, 5.41) is 0. The van der Waals surface area contributed by atoms with Crippen LogP contribution >= 0.6 is 12.2 Å². The van der Waals surface area contributed by atoms with E-state index in [2.05, 4.69) is 26.9 Å². The third kappa shape index (κ3) is 2.39. The summed E-state index contributed by atoms with van der Waals surface area (Å²) in [5.41, 5.74) is 3.14. The van der Waals surface area contributed by atoms with Gasteiger partial charge in [0.15, 0.2) is 11.6 Å². The van der Waals surface area contributed by atoms with Gasteiger partial charge < -0.3 is 4.98 Å². The molecule has 0 aromatic carbocycles. The highest BCUT2D eigenvalue weighted by atomic mass is 32.1. The maximum Gasteiger partial charge on any atom is 0.195 e. The fourth-order valence-corrected chi connectivity index (χ4v) is 1.77. The number of aromatic nitrogens is 4. The Morgan fingerprint density at radius 1 is 1.24 bits per heavy atom. The van der Waals surface area contributed by atoms with Crippen LogP contribution in [0.3, 0.4) is 0 Å². The van der Waals surface area contributed by atoms with Crippen LogP contribution in [0.4, 0.5) is 0 Å². The van der Waals surface area contributed by atoms with E-state index in [9.17, 15) is 0 Å². The van der Waals surface area contributed by atoms with Crippen LogP contribution in [0.15, 0.2) is 12.4 Å². The molecule has 2 aromatic rings. The molecule has 4 nitrogen and oxygen atoms in total. The Bertz CT molecular complexity index is 586. The molecule has 17 heavy (non-hydrogen) atoms. The molecule has 1 N–H and O–H groups in total. The Morgan fingerprint density at radius 2 is 1.88 bits per heavy atom. The maximum atomic E-state index is 5.23. The number of H-pyrrole nitrogens is 1. The van der Waals surface area contributed by atoms with Crippen molar-refractivity contribution >= 4 is 12.2 Å². The monoisotopic (exact) mass is 246 g/mol. The highest BCUT2D eigenvalue weighted by molar-refractivity contribution is 7.71. The molecule has 0 aliphatic carbocycles. The van der Waals surface area contributed by atoms with Crippen molar-refractivity contribution in [3.8, 4) is 11.6 Å². The molecule has 0 aliphatic rings. The molecule has 0 spiro atoms. The summed E-state index contributed by atoms with van der Waals surface area (Å²) in [6.07, 6.45) is 4.43. The lowest BCUT2D eigenvalue weighted by Crippen LogP contribution is -2.01. The Labute approximate surface area is 105 Å². The average Bonchev–Trinajstić information content (AvgIpc) is 2.33. The minimum atomic E-state index is 0.580. The molecule has 2 aromatic heterocycles. The van der Waals surface area contributed by atoms with E-state index in [1.165, 1.54) is 0 Å². The Hall–Kier alpha value is -1.62. The highest BCUT2D eigenvalue weighted by Gasteiger charge is 2.07. The van der Waals surface area contributed by atoms with Crippen LogP contribution in [0, 0.1) is 18.5 Å². The van der Waals surface area contributed by atoms with Gasteiger partial charge in [-0.25, -0.2) is 15.0 Å². The van der Waals surface area contributed by atoms with Crippen molar-refractivity contribution in [2.75, 3.05) is 0 Å². The first kappa shape index (κ1) is 11.9. The minimum absolute atomic E-state index is 0.580. The zero-order valence-corrected chi connectivity index (χ0v) is 10.9. The first-order valence-corrected chi connectivity index (χ1v) is 5.91. The minimum Gasteiger partial charge on any atom is -0.340 e. The van der Waals surface area contributed by atoms with Crippen LogP contribution in [-0.4, -0.2) is 19.9 Å². The molecule has 0 atom stereocenters. The van der Waals surface area contributed by atoms with E-state index in [4.69, 9.17) is 12.2 Å². The largest absolute Gasteiger partial charge is 0.340 e. The number of rotatable bonds is 2. The van der Waals surface area contributed by atoms with Crippen LogP contribution in [0.2, 0.25) is 0 Å². The molecule has 0 amide bonds. The van der Waals surface area contributed by atoms with E-state index in [0.717, 1.165) is 23.2 Å². The van der Waals surface area contributed by atoms with Crippen molar-refractivity contribution in [1.82, 2.24) is 19.9 Å². The molecule has 0 bridgehead atoms. The second kappa shape index (κ2) is 4.71. The summed E-state index contributed by atoms with van der Waals surface area (Å²) in [4.78, 5) is 16.0. The summed E-state index contributed by atoms with van der Waals surface area (Å²) in [6, 6.07) is 0. The second-order valence-corrected chi connectivity index (χ2v) is 4.32. The van der Waals surface area contributed by atoms with Crippen LogP contribution in [0.1, 0.15) is 23.7 Å². The molecule has 88 valence electrons. The van der Waals surface area contributed by atoms with Gasteiger partial charge in [0, 0.05) is 23.7 Å². The van der Waals surface area contributed by atoms with Crippen molar-refractivity contribution in [3.63, 3.8) is 0 Å². The molecule has 0 unspecified atom stereocenters. The van der Waals surface area contributed by atoms with E-state index in [1.54, 1.807) is 12.4 Å². The third-order valence-electron chi connectivity index (χ3n) is 2.60. The number of nitrogens with one attached hydrogen (secondary N) is 1. The predicted octanol–water partition coefficient (Wildman–Crippen LogP) is 2.78.